The molecule has 1 atom stereocenters. The third-order valence-corrected chi connectivity index (χ3v) is 6.32. The molecule has 0 saturated carbocycles. The zero-order chi connectivity index (χ0) is 23.0. The normalized spacial score (nSPS) is 17.4. The first-order valence-electron chi connectivity index (χ1n) is 9.74. The number of rotatable bonds is 5. The molecule has 0 fully saturated rings. The first-order valence-corrected chi connectivity index (χ1v) is 11.3. The summed E-state index contributed by atoms with van der Waals surface area (Å²) in [5, 5.41) is 1.09. The molecule has 0 N–H and O–H groups in total. The Morgan fingerprint density at radius 1 is 1.00 bits per heavy atom. The van der Waals surface area contributed by atoms with Crippen LogP contribution in [0.5, 0.6) is 0 Å². The van der Waals surface area contributed by atoms with Gasteiger partial charge in [0, 0.05) is 51.0 Å². The monoisotopic (exact) mass is 532 g/mol. The highest BCUT2D eigenvalue weighted by Gasteiger charge is 2.53. The number of benzene rings is 3. The molecule has 5 nitrogen and oxygen atoms in total. The van der Waals surface area contributed by atoms with Gasteiger partial charge in [0.25, 0.3) is 5.91 Å². The Morgan fingerprint density at radius 2 is 1.59 bits per heavy atom. The van der Waals surface area contributed by atoms with Crippen LogP contribution in [0.1, 0.15) is 21.5 Å². The van der Waals surface area contributed by atoms with Crippen molar-refractivity contribution in [2.24, 2.45) is 0 Å². The van der Waals surface area contributed by atoms with Gasteiger partial charge >= 0.3 is 0 Å². The highest BCUT2D eigenvalue weighted by molar-refractivity contribution is 9.10. The Morgan fingerprint density at radius 3 is 2.19 bits per heavy atom. The Kier molecular flexibility index (Phi) is 6.32. The van der Waals surface area contributed by atoms with Crippen LogP contribution in [0.3, 0.4) is 0 Å². The lowest BCUT2D eigenvalue weighted by atomic mass is 9.93. The van der Waals surface area contributed by atoms with Crippen molar-refractivity contribution in [2.45, 2.75) is 5.72 Å². The van der Waals surface area contributed by atoms with Crippen LogP contribution in [0.25, 0.3) is 0 Å². The maximum atomic E-state index is 13.7. The van der Waals surface area contributed by atoms with Crippen LogP contribution in [-0.4, -0.2) is 37.4 Å². The zero-order valence-electron chi connectivity index (χ0n) is 17.3. The molecule has 164 valence electrons. The van der Waals surface area contributed by atoms with Crippen molar-refractivity contribution in [3.8, 4) is 0 Å². The van der Waals surface area contributed by atoms with Gasteiger partial charge in [0.05, 0.1) is 0 Å². The van der Waals surface area contributed by atoms with Gasteiger partial charge in [0.1, 0.15) is 6.61 Å². The van der Waals surface area contributed by atoms with E-state index in [1.165, 1.54) is 4.90 Å². The van der Waals surface area contributed by atoms with E-state index in [4.69, 9.17) is 27.9 Å². The van der Waals surface area contributed by atoms with Crippen molar-refractivity contribution in [3.63, 3.8) is 0 Å². The largest absolute Gasteiger partial charge is 0.347 e. The Labute approximate surface area is 204 Å². The number of fused-ring (bicyclic) bond motifs is 1. The van der Waals surface area contributed by atoms with E-state index in [-0.39, 0.29) is 18.4 Å². The number of carbonyl (C=O) groups is 2. The molecule has 4 rings (SSSR count). The first kappa shape index (κ1) is 22.8. The summed E-state index contributed by atoms with van der Waals surface area (Å²) in [7, 11) is 3.31. The van der Waals surface area contributed by atoms with E-state index in [1.807, 2.05) is 12.1 Å². The summed E-state index contributed by atoms with van der Waals surface area (Å²) < 4.78 is 7.16. The molecule has 1 aliphatic rings. The summed E-state index contributed by atoms with van der Waals surface area (Å²) in [4.78, 5) is 29.3. The van der Waals surface area contributed by atoms with E-state index in [0.29, 0.717) is 32.4 Å². The number of halogens is 3. The molecule has 3 aromatic rings. The number of likely N-dealkylation sites (N-methyl/N-ethyl adjacent to an activating group) is 1. The van der Waals surface area contributed by atoms with E-state index < -0.39 is 5.72 Å². The second-order valence-corrected chi connectivity index (χ2v) is 9.32. The van der Waals surface area contributed by atoms with Crippen LogP contribution in [0.15, 0.2) is 71.2 Å². The third kappa shape index (κ3) is 3.92. The Balaban J connectivity index is 1.99. The lowest BCUT2D eigenvalue weighted by Crippen LogP contribution is -2.48. The van der Waals surface area contributed by atoms with E-state index >= 15 is 0 Å². The topological polar surface area (TPSA) is 49.9 Å². The number of carbonyl (C=O) groups excluding carboxylic acids is 2. The number of anilines is 1. The van der Waals surface area contributed by atoms with Gasteiger partial charge in [-0.3, -0.25) is 14.5 Å². The fourth-order valence-electron chi connectivity index (χ4n) is 3.74. The van der Waals surface area contributed by atoms with Crippen molar-refractivity contribution in [2.75, 3.05) is 25.6 Å². The van der Waals surface area contributed by atoms with E-state index in [0.717, 1.165) is 4.47 Å². The van der Waals surface area contributed by atoms with Crippen LogP contribution in [0.2, 0.25) is 10.0 Å². The van der Waals surface area contributed by atoms with Crippen LogP contribution < -0.4 is 4.90 Å². The minimum atomic E-state index is -1.38. The average Bonchev–Trinajstić information content (AvgIpc) is 3.01. The molecule has 32 heavy (non-hydrogen) atoms. The molecule has 0 radical (unpaired) electrons. The molecule has 1 heterocycles. The summed E-state index contributed by atoms with van der Waals surface area (Å²) >= 11 is 15.7. The lowest BCUT2D eigenvalue weighted by molar-refractivity contribution is -0.138. The fraction of sp³-hybridized carbons (Fsp3) is 0.167. The zero-order valence-corrected chi connectivity index (χ0v) is 20.4. The molecule has 1 aliphatic heterocycles. The van der Waals surface area contributed by atoms with Gasteiger partial charge in [-0.25, -0.2) is 0 Å². The number of nitrogens with zero attached hydrogens (tertiary/aromatic N) is 2. The summed E-state index contributed by atoms with van der Waals surface area (Å²) in [6, 6.07) is 19.4. The fourth-order valence-corrected chi connectivity index (χ4v) is 4.36. The standard InChI is InChI=1S/C24H19BrCl2N2O3/c1-28(2)22(30)14-32-24(15-3-6-17(26)7-4-15)21-12-5-16(25)13-20(21)23(31)29(24)19-10-8-18(27)9-11-19/h3-13H,14H2,1-2H3. The summed E-state index contributed by atoms with van der Waals surface area (Å²) in [6.45, 7) is -0.234. The maximum Gasteiger partial charge on any atom is 0.261 e. The number of ether oxygens (including phenoxy) is 1. The van der Waals surface area contributed by atoms with Crippen LogP contribution in [-0.2, 0) is 15.3 Å². The molecule has 0 bridgehead atoms. The predicted molar refractivity (Wildman–Crippen MR) is 129 cm³/mol. The van der Waals surface area contributed by atoms with Crippen molar-refractivity contribution >= 4 is 56.6 Å². The molecule has 1 unspecified atom stereocenters. The molecular formula is C24H19BrCl2N2O3. The van der Waals surface area contributed by atoms with E-state index in [1.54, 1.807) is 73.6 Å². The molecule has 3 aromatic carbocycles. The van der Waals surface area contributed by atoms with Gasteiger partial charge in [0.2, 0.25) is 11.6 Å². The SMILES string of the molecule is CN(C)C(=O)COC1(c2ccc(Cl)cc2)c2ccc(Br)cc2C(=O)N1c1ccc(Cl)cc1. The van der Waals surface area contributed by atoms with Gasteiger partial charge in [-0.2, -0.15) is 0 Å². The van der Waals surface area contributed by atoms with Crippen molar-refractivity contribution in [1.82, 2.24) is 4.90 Å². The van der Waals surface area contributed by atoms with E-state index in [9.17, 15) is 9.59 Å². The highest BCUT2D eigenvalue weighted by Crippen LogP contribution is 2.48. The van der Waals surface area contributed by atoms with Gasteiger partial charge < -0.3 is 9.64 Å². The molecule has 0 spiro atoms. The Hall–Kier alpha value is -2.38. The number of hydrogen-bond donors (Lipinski definition) is 0. The Bertz CT molecular complexity index is 1180. The third-order valence-electron chi connectivity index (χ3n) is 5.32. The molecule has 0 aromatic heterocycles. The van der Waals surface area contributed by atoms with Crippen LogP contribution >= 0.6 is 39.1 Å². The quantitative estimate of drug-likeness (QED) is 0.421. The molecule has 0 aliphatic carbocycles. The molecule has 8 heteroatoms. The van der Waals surface area contributed by atoms with Gasteiger partial charge in [-0.15, -0.1) is 0 Å². The highest BCUT2D eigenvalue weighted by atomic mass is 79.9. The summed E-state index contributed by atoms with van der Waals surface area (Å²) in [5.41, 5.74) is 0.977. The van der Waals surface area contributed by atoms with Gasteiger partial charge in [-0.1, -0.05) is 57.3 Å². The first-order chi connectivity index (χ1) is 15.2. The van der Waals surface area contributed by atoms with Crippen LogP contribution in [0, 0.1) is 0 Å². The minimum Gasteiger partial charge on any atom is -0.347 e. The van der Waals surface area contributed by atoms with Crippen molar-refractivity contribution < 1.29 is 14.3 Å². The maximum absolute atomic E-state index is 13.7. The molecule has 2 amide bonds. The van der Waals surface area contributed by atoms with Gasteiger partial charge in [-0.05, 0) is 48.5 Å². The second-order valence-electron chi connectivity index (χ2n) is 7.53. The van der Waals surface area contributed by atoms with E-state index in [2.05, 4.69) is 15.9 Å². The summed E-state index contributed by atoms with van der Waals surface area (Å²) in [5.74, 6) is -0.483. The lowest BCUT2D eigenvalue weighted by Gasteiger charge is -2.39. The average molecular weight is 534 g/mol. The van der Waals surface area contributed by atoms with Gasteiger partial charge in [0.15, 0.2) is 0 Å². The number of hydrogen-bond acceptors (Lipinski definition) is 3. The smallest absolute Gasteiger partial charge is 0.261 e. The predicted octanol–water partition coefficient (Wildman–Crippen LogP) is 5.72. The molecular weight excluding hydrogens is 515 g/mol. The molecule has 0 saturated heterocycles. The minimum absolute atomic E-state index is 0.229. The second kappa shape index (κ2) is 8.87. The van der Waals surface area contributed by atoms with Crippen LogP contribution in [0.4, 0.5) is 5.69 Å². The number of amides is 2. The van der Waals surface area contributed by atoms with Crippen molar-refractivity contribution in [1.29, 1.82) is 0 Å². The van der Waals surface area contributed by atoms with Crippen molar-refractivity contribution in [3.05, 3.63) is 97.9 Å². The summed E-state index contributed by atoms with van der Waals surface area (Å²) in [6.07, 6.45) is 0.